The Morgan fingerprint density at radius 1 is 1.39 bits per heavy atom. The molecule has 28 heavy (non-hydrogen) atoms. The summed E-state index contributed by atoms with van der Waals surface area (Å²) in [5, 5.41) is 9.70. The van der Waals surface area contributed by atoms with E-state index < -0.39 is 0 Å². The normalized spacial score (nSPS) is 18.7. The van der Waals surface area contributed by atoms with Crippen LogP contribution in [-0.4, -0.2) is 44.9 Å². The van der Waals surface area contributed by atoms with Gasteiger partial charge < -0.3 is 9.30 Å². The first-order valence-electron chi connectivity index (χ1n) is 9.52. The average Bonchev–Trinajstić information content (AvgIpc) is 3.41. The molecular weight excluding hydrogens is 398 g/mol. The van der Waals surface area contributed by atoms with Crippen molar-refractivity contribution in [1.29, 1.82) is 0 Å². The van der Waals surface area contributed by atoms with Gasteiger partial charge in [0.25, 0.3) is 5.91 Å². The Morgan fingerprint density at radius 3 is 3.11 bits per heavy atom. The zero-order chi connectivity index (χ0) is 19.3. The first kappa shape index (κ1) is 18.0. The number of carbonyl (C=O) groups excluding carboxylic acids is 1. The summed E-state index contributed by atoms with van der Waals surface area (Å²) in [6.07, 6.45) is 3.83. The van der Waals surface area contributed by atoms with Crippen LogP contribution in [0.2, 0.25) is 5.02 Å². The van der Waals surface area contributed by atoms with Crippen LogP contribution in [0.15, 0.2) is 12.1 Å². The summed E-state index contributed by atoms with van der Waals surface area (Å²) in [7, 11) is 0. The molecule has 1 saturated heterocycles. The molecule has 5 rings (SSSR count). The molecule has 146 valence electrons. The molecule has 2 aliphatic heterocycles. The van der Waals surface area contributed by atoms with Crippen LogP contribution in [0.5, 0.6) is 0 Å². The molecule has 0 N–H and O–H groups in total. The Bertz CT molecular complexity index is 1060. The van der Waals surface area contributed by atoms with Gasteiger partial charge in [0.05, 0.1) is 22.9 Å². The number of nitrogens with zero attached hydrogens (tertiary/aromatic N) is 5. The van der Waals surface area contributed by atoms with Crippen molar-refractivity contribution < 1.29 is 9.53 Å². The maximum Gasteiger partial charge on any atom is 0.298 e. The number of rotatable bonds is 4. The summed E-state index contributed by atoms with van der Waals surface area (Å²) < 4.78 is 8.70. The van der Waals surface area contributed by atoms with Gasteiger partial charge in [-0.3, -0.25) is 9.69 Å². The lowest BCUT2D eigenvalue weighted by Crippen LogP contribution is -2.38. The van der Waals surface area contributed by atoms with Crippen LogP contribution in [0, 0.1) is 6.92 Å². The number of anilines is 1. The van der Waals surface area contributed by atoms with E-state index in [0.717, 1.165) is 60.4 Å². The summed E-state index contributed by atoms with van der Waals surface area (Å²) in [6, 6.07) is 3.79. The van der Waals surface area contributed by atoms with Crippen molar-refractivity contribution in [2.24, 2.45) is 0 Å². The predicted molar refractivity (Wildman–Crippen MR) is 108 cm³/mol. The first-order chi connectivity index (χ1) is 13.6. The monoisotopic (exact) mass is 417 g/mol. The molecule has 2 aliphatic rings. The molecule has 9 heteroatoms. The Labute approximate surface area is 171 Å². The van der Waals surface area contributed by atoms with E-state index in [-0.39, 0.29) is 12.0 Å². The molecule has 2 aromatic heterocycles. The molecule has 0 aliphatic carbocycles. The maximum absolute atomic E-state index is 13.5. The number of hydrogen-bond acceptors (Lipinski definition) is 6. The van der Waals surface area contributed by atoms with E-state index in [2.05, 4.69) is 10.2 Å². The Balaban J connectivity index is 1.56. The van der Waals surface area contributed by atoms with Crippen molar-refractivity contribution >= 4 is 44.2 Å². The van der Waals surface area contributed by atoms with Gasteiger partial charge in [-0.2, -0.15) is 0 Å². The van der Waals surface area contributed by atoms with Crippen LogP contribution in [0.4, 0.5) is 5.13 Å². The van der Waals surface area contributed by atoms with Crippen LogP contribution < -0.4 is 4.90 Å². The lowest BCUT2D eigenvalue weighted by atomic mass is 10.2. The zero-order valence-corrected chi connectivity index (χ0v) is 17.1. The molecule has 0 radical (unpaired) electrons. The second-order valence-electron chi connectivity index (χ2n) is 7.31. The number of amides is 1. The molecule has 0 spiro atoms. The van der Waals surface area contributed by atoms with Crippen molar-refractivity contribution in [2.45, 2.75) is 45.3 Å². The minimum absolute atomic E-state index is 0.0154. The van der Waals surface area contributed by atoms with E-state index in [1.807, 2.05) is 23.6 Å². The number of halogens is 1. The van der Waals surface area contributed by atoms with Crippen LogP contribution in [-0.2, 0) is 17.7 Å². The van der Waals surface area contributed by atoms with Gasteiger partial charge in [-0.1, -0.05) is 22.9 Å². The third-order valence-corrected chi connectivity index (χ3v) is 6.57. The van der Waals surface area contributed by atoms with Gasteiger partial charge in [0, 0.05) is 24.6 Å². The van der Waals surface area contributed by atoms with Crippen LogP contribution in [0.25, 0.3) is 10.2 Å². The summed E-state index contributed by atoms with van der Waals surface area (Å²) >= 11 is 7.69. The van der Waals surface area contributed by atoms with Crippen LogP contribution >= 0.6 is 22.9 Å². The molecule has 0 bridgehead atoms. The minimum Gasteiger partial charge on any atom is -0.376 e. The average molecular weight is 418 g/mol. The number of benzene rings is 1. The first-order valence-corrected chi connectivity index (χ1v) is 10.7. The van der Waals surface area contributed by atoms with E-state index in [9.17, 15) is 4.79 Å². The van der Waals surface area contributed by atoms with E-state index in [4.69, 9.17) is 21.3 Å². The maximum atomic E-state index is 13.5. The molecule has 4 heterocycles. The highest BCUT2D eigenvalue weighted by Gasteiger charge is 2.31. The summed E-state index contributed by atoms with van der Waals surface area (Å²) in [4.78, 5) is 20.0. The third kappa shape index (κ3) is 3.09. The largest absolute Gasteiger partial charge is 0.376 e. The van der Waals surface area contributed by atoms with Crippen molar-refractivity contribution in [1.82, 2.24) is 19.7 Å². The highest BCUT2D eigenvalue weighted by Crippen LogP contribution is 2.34. The Morgan fingerprint density at radius 2 is 2.29 bits per heavy atom. The van der Waals surface area contributed by atoms with E-state index in [1.165, 1.54) is 11.3 Å². The second kappa shape index (κ2) is 7.09. The third-order valence-electron chi connectivity index (χ3n) is 5.33. The fourth-order valence-electron chi connectivity index (χ4n) is 3.93. The molecule has 1 aromatic carbocycles. The van der Waals surface area contributed by atoms with Gasteiger partial charge in [0.15, 0.2) is 5.13 Å². The number of aromatic nitrogens is 4. The van der Waals surface area contributed by atoms with Crippen molar-refractivity contribution in [3.8, 4) is 0 Å². The van der Waals surface area contributed by atoms with Gasteiger partial charge in [-0.15, -0.1) is 10.2 Å². The van der Waals surface area contributed by atoms with Gasteiger partial charge in [0.1, 0.15) is 5.82 Å². The predicted octanol–water partition coefficient (Wildman–Crippen LogP) is 3.62. The fraction of sp³-hybridized carbons (Fsp3) is 0.474. The standard InChI is InChI=1S/C19H20ClN5O2S/c1-11-8-12(20)9-14-16(11)21-19(28-14)25(10-13-4-3-7-27-13)18(26)17-23-22-15-5-2-6-24(15)17/h8-9,13H,2-7,10H2,1H3. The number of thiazole rings is 1. The van der Waals surface area contributed by atoms with Gasteiger partial charge in [-0.25, -0.2) is 4.98 Å². The number of ether oxygens (including phenoxy) is 1. The van der Waals surface area contributed by atoms with E-state index in [1.54, 1.807) is 4.90 Å². The lowest BCUT2D eigenvalue weighted by molar-refractivity contribution is 0.0905. The Kier molecular flexibility index (Phi) is 4.57. The van der Waals surface area contributed by atoms with Crippen LogP contribution in [0.1, 0.15) is 41.3 Å². The number of hydrogen-bond donors (Lipinski definition) is 0. The quantitative estimate of drug-likeness (QED) is 0.648. The molecule has 0 saturated carbocycles. The number of carbonyl (C=O) groups is 1. The van der Waals surface area contributed by atoms with Gasteiger partial charge in [0.2, 0.25) is 5.82 Å². The Hall–Kier alpha value is -2.03. The van der Waals surface area contributed by atoms with Crippen molar-refractivity contribution in [3.63, 3.8) is 0 Å². The lowest BCUT2D eigenvalue weighted by Gasteiger charge is -2.22. The zero-order valence-electron chi connectivity index (χ0n) is 15.5. The topological polar surface area (TPSA) is 73.1 Å². The summed E-state index contributed by atoms with van der Waals surface area (Å²) in [5.74, 6) is 1.10. The fourth-order valence-corrected chi connectivity index (χ4v) is 5.36. The van der Waals surface area contributed by atoms with Gasteiger partial charge in [-0.05, 0) is 43.9 Å². The SMILES string of the molecule is Cc1cc(Cl)cc2sc(N(CC3CCCO3)C(=O)c3nnc4n3CCC4)nc12. The van der Waals surface area contributed by atoms with Crippen molar-refractivity contribution in [3.05, 3.63) is 34.4 Å². The molecule has 1 fully saturated rings. The van der Waals surface area contributed by atoms with Gasteiger partial charge >= 0.3 is 0 Å². The molecular formula is C19H20ClN5O2S. The summed E-state index contributed by atoms with van der Waals surface area (Å²) in [5.41, 5.74) is 1.87. The van der Waals surface area contributed by atoms with Crippen LogP contribution in [0.3, 0.4) is 0 Å². The van der Waals surface area contributed by atoms with E-state index >= 15 is 0 Å². The smallest absolute Gasteiger partial charge is 0.298 e. The van der Waals surface area contributed by atoms with Crippen molar-refractivity contribution in [2.75, 3.05) is 18.1 Å². The minimum atomic E-state index is -0.168. The molecule has 1 atom stereocenters. The summed E-state index contributed by atoms with van der Waals surface area (Å²) in [6.45, 7) is 3.97. The number of fused-ring (bicyclic) bond motifs is 2. The molecule has 7 nitrogen and oxygen atoms in total. The molecule has 3 aromatic rings. The molecule has 1 amide bonds. The highest BCUT2D eigenvalue weighted by atomic mass is 35.5. The van der Waals surface area contributed by atoms with E-state index in [0.29, 0.717) is 22.5 Å². The number of aryl methyl sites for hydroxylation is 2. The highest BCUT2D eigenvalue weighted by molar-refractivity contribution is 7.22. The molecule has 1 unspecified atom stereocenters. The second-order valence-corrected chi connectivity index (χ2v) is 8.76.